The fraction of sp³-hybridized carbons (Fsp3) is 1.00. The highest BCUT2D eigenvalue weighted by Gasteiger charge is 2.13. The lowest BCUT2D eigenvalue weighted by molar-refractivity contribution is 0.114. The topological polar surface area (TPSA) is 41.7 Å². The van der Waals surface area contributed by atoms with Gasteiger partial charge in [0.05, 0.1) is 6.61 Å². The van der Waals surface area contributed by atoms with Crippen molar-refractivity contribution in [3.8, 4) is 0 Å². The van der Waals surface area contributed by atoms with Crippen LogP contribution in [-0.4, -0.2) is 68.8 Å². The molecule has 0 saturated carbocycles. The minimum atomic E-state index is 0.777. The molecule has 0 amide bonds. The summed E-state index contributed by atoms with van der Waals surface area (Å²) < 4.78 is 5.38. The molecule has 0 radical (unpaired) electrons. The SMILES string of the molecule is CCOCCN1CCCN(CCN)CC1. The van der Waals surface area contributed by atoms with Crippen molar-refractivity contribution in [3.05, 3.63) is 0 Å². The molecule has 0 bridgehead atoms. The van der Waals surface area contributed by atoms with Crippen molar-refractivity contribution in [3.63, 3.8) is 0 Å². The van der Waals surface area contributed by atoms with E-state index in [9.17, 15) is 0 Å². The lowest BCUT2D eigenvalue weighted by atomic mass is 10.4. The summed E-state index contributed by atoms with van der Waals surface area (Å²) in [5.74, 6) is 0. The van der Waals surface area contributed by atoms with Gasteiger partial charge in [-0.2, -0.15) is 0 Å². The third-order valence-electron chi connectivity index (χ3n) is 2.88. The molecule has 0 unspecified atom stereocenters. The van der Waals surface area contributed by atoms with Crippen LogP contribution in [0.5, 0.6) is 0 Å². The van der Waals surface area contributed by atoms with Crippen molar-refractivity contribution in [1.29, 1.82) is 0 Å². The Balaban J connectivity index is 2.14. The highest BCUT2D eigenvalue weighted by atomic mass is 16.5. The maximum atomic E-state index is 5.57. The smallest absolute Gasteiger partial charge is 0.0593 e. The van der Waals surface area contributed by atoms with Gasteiger partial charge in [-0.05, 0) is 26.4 Å². The van der Waals surface area contributed by atoms with Gasteiger partial charge in [-0.3, -0.25) is 4.90 Å². The van der Waals surface area contributed by atoms with Crippen LogP contribution < -0.4 is 5.73 Å². The van der Waals surface area contributed by atoms with Crippen molar-refractivity contribution in [2.24, 2.45) is 5.73 Å². The summed E-state index contributed by atoms with van der Waals surface area (Å²) in [5, 5.41) is 0. The van der Waals surface area contributed by atoms with Crippen LogP contribution in [0.3, 0.4) is 0 Å². The summed E-state index contributed by atoms with van der Waals surface area (Å²) in [6, 6.07) is 0. The van der Waals surface area contributed by atoms with Crippen molar-refractivity contribution in [2.45, 2.75) is 13.3 Å². The van der Waals surface area contributed by atoms with Gasteiger partial charge in [-0.1, -0.05) is 0 Å². The van der Waals surface area contributed by atoms with E-state index in [4.69, 9.17) is 10.5 Å². The maximum absolute atomic E-state index is 5.57. The van der Waals surface area contributed by atoms with E-state index >= 15 is 0 Å². The molecule has 0 aliphatic carbocycles. The second kappa shape index (κ2) is 8.05. The predicted molar refractivity (Wildman–Crippen MR) is 63.0 cm³/mol. The summed E-state index contributed by atoms with van der Waals surface area (Å²) in [6.07, 6.45) is 1.26. The highest BCUT2D eigenvalue weighted by Crippen LogP contribution is 2.02. The van der Waals surface area contributed by atoms with Gasteiger partial charge in [-0.25, -0.2) is 0 Å². The van der Waals surface area contributed by atoms with Crippen LogP contribution in [0.15, 0.2) is 0 Å². The Labute approximate surface area is 93.4 Å². The Morgan fingerprint density at radius 3 is 2.33 bits per heavy atom. The number of hydrogen-bond acceptors (Lipinski definition) is 4. The lowest BCUT2D eigenvalue weighted by Crippen LogP contribution is -2.35. The summed E-state index contributed by atoms with van der Waals surface area (Å²) >= 11 is 0. The number of hydrogen-bond donors (Lipinski definition) is 1. The molecule has 1 rings (SSSR count). The van der Waals surface area contributed by atoms with E-state index in [2.05, 4.69) is 9.80 Å². The average molecular weight is 215 g/mol. The van der Waals surface area contributed by atoms with E-state index in [1.54, 1.807) is 0 Å². The first-order valence-electron chi connectivity index (χ1n) is 6.09. The first-order chi connectivity index (χ1) is 7.36. The molecule has 0 atom stereocenters. The van der Waals surface area contributed by atoms with Crippen LogP contribution in [0.2, 0.25) is 0 Å². The molecule has 0 aromatic heterocycles. The summed E-state index contributed by atoms with van der Waals surface area (Å²) in [5.41, 5.74) is 5.57. The molecule has 0 aromatic rings. The normalized spacial score (nSPS) is 20.4. The second-order valence-electron chi connectivity index (χ2n) is 4.02. The maximum Gasteiger partial charge on any atom is 0.0593 e. The van der Waals surface area contributed by atoms with E-state index in [0.29, 0.717) is 0 Å². The molecule has 4 nitrogen and oxygen atoms in total. The van der Waals surface area contributed by atoms with Crippen LogP contribution in [0, 0.1) is 0 Å². The van der Waals surface area contributed by atoms with E-state index in [-0.39, 0.29) is 0 Å². The largest absolute Gasteiger partial charge is 0.380 e. The standard InChI is InChI=1S/C11H25N3O/c1-2-15-11-10-14-6-3-5-13(7-4-12)8-9-14/h2-12H2,1H3. The van der Waals surface area contributed by atoms with Gasteiger partial charge in [0, 0.05) is 39.3 Å². The van der Waals surface area contributed by atoms with E-state index in [0.717, 1.165) is 45.9 Å². The highest BCUT2D eigenvalue weighted by molar-refractivity contribution is 4.69. The zero-order chi connectivity index (χ0) is 10.9. The molecule has 1 aliphatic rings. The van der Waals surface area contributed by atoms with Gasteiger partial charge < -0.3 is 15.4 Å². The quantitative estimate of drug-likeness (QED) is 0.633. The Kier molecular flexibility index (Phi) is 6.92. The molecule has 1 aliphatic heterocycles. The molecule has 4 heteroatoms. The van der Waals surface area contributed by atoms with Crippen LogP contribution in [0.4, 0.5) is 0 Å². The Bertz CT molecular complexity index is 155. The molecular weight excluding hydrogens is 190 g/mol. The molecule has 0 spiro atoms. The fourth-order valence-corrected chi connectivity index (χ4v) is 1.99. The molecule has 1 saturated heterocycles. The summed E-state index contributed by atoms with van der Waals surface area (Å²) in [6.45, 7) is 11.3. The molecule has 2 N–H and O–H groups in total. The van der Waals surface area contributed by atoms with Gasteiger partial charge in [0.2, 0.25) is 0 Å². The predicted octanol–water partition coefficient (Wildman–Crippen LogP) is -0.0107. The van der Waals surface area contributed by atoms with Crippen LogP contribution in [-0.2, 0) is 4.74 Å². The fourth-order valence-electron chi connectivity index (χ4n) is 1.99. The molecule has 1 fully saturated rings. The molecule has 90 valence electrons. The first-order valence-corrected chi connectivity index (χ1v) is 6.09. The first kappa shape index (κ1) is 12.9. The lowest BCUT2D eigenvalue weighted by Gasteiger charge is -2.21. The van der Waals surface area contributed by atoms with E-state index in [1.165, 1.54) is 19.5 Å². The van der Waals surface area contributed by atoms with Gasteiger partial charge in [0.25, 0.3) is 0 Å². The van der Waals surface area contributed by atoms with Gasteiger partial charge >= 0.3 is 0 Å². The van der Waals surface area contributed by atoms with Crippen molar-refractivity contribution < 1.29 is 4.74 Å². The van der Waals surface area contributed by atoms with Crippen molar-refractivity contribution in [2.75, 3.05) is 59.0 Å². The van der Waals surface area contributed by atoms with Gasteiger partial charge in [-0.15, -0.1) is 0 Å². The average Bonchev–Trinajstić information content (AvgIpc) is 2.45. The van der Waals surface area contributed by atoms with Gasteiger partial charge in [0.1, 0.15) is 0 Å². The monoisotopic (exact) mass is 215 g/mol. The van der Waals surface area contributed by atoms with Crippen LogP contribution >= 0.6 is 0 Å². The van der Waals surface area contributed by atoms with Crippen molar-refractivity contribution in [1.82, 2.24) is 9.80 Å². The zero-order valence-corrected chi connectivity index (χ0v) is 9.95. The van der Waals surface area contributed by atoms with Crippen LogP contribution in [0.1, 0.15) is 13.3 Å². The molecular formula is C11H25N3O. The minimum Gasteiger partial charge on any atom is -0.380 e. The summed E-state index contributed by atoms with van der Waals surface area (Å²) in [4.78, 5) is 4.95. The second-order valence-corrected chi connectivity index (χ2v) is 4.02. The Morgan fingerprint density at radius 2 is 1.73 bits per heavy atom. The number of nitrogens with zero attached hydrogens (tertiary/aromatic N) is 2. The summed E-state index contributed by atoms with van der Waals surface area (Å²) in [7, 11) is 0. The van der Waals surface area contributed by atoms with E-state index in [1.807, 2.05) is 6.92 Å². The third-order valence-corrected chi connectivity index (χ3v) is 2.88. The molecule has 0 aromatic carbocycles. The van der Waals surface area contributed by atoms with Crippen LogP contribution in [0.25, 0.3) is 0 Å². The third kappa shape index (κ3) is 5.47. The van der Waals surface area contributed by atoms with Gasteiger partial charge in [0.15, 0.2) is 0 Å². The zero-order valence-electron chi connectivity index (χ0n) is 9.95. The number of rotatable bonds is 6. The molecule has 1 heterocycles. The Hall–Kier alpha value is -0.160. The Morgan fingerprint density at radius 1 is 1.07 bits per heavy atom. The number of ether oxygens (including phenoxy) is 1. The number of nitrogens with two attached hydrogens (primary N) is 1. The minimum absolute atomic E-state index is 0.777. The van der Waals surface area contributed by atoms with E-state index < -0.39 is 0 Å². The molecule has 15 heavy (non-hydrogen) atoms. The van der Waals surface area contributed by atoms with Crippen molar-refractivity contribution >= 4 is 0 Å².